The van der Waals surface area contributed by atoms with Gasteiger partial charge in [-0.3, -0.25) is 9.97 Å². The second kappa shape index (κ2) is 7.29. The summed E-state index contributed by atoms with van der Waals surface area (Å²) >= 11 is 8.24. The SMILES string of the molecule is Cc1ccnc(CC(c2cc(Cl)c3cccnc3c2O)c2sccc2C)c1. The van der Waals surface area contributed by atoms with E-state index in [-0.39, 0.29) is 11.7 Å². The normalized spacial score (nSPS) is 12.4. The number of aromatic hydroxyl groups is 1. The summed E-state index contributed by atoms with van der Waals surface area (Å²) < 4.78 is 0. The van der Waals surface area contributed by atoms with E-state index in [2.05, 4.69) is 41.3 Å². The summed E-state index contributed by atoms with van der Waals surface area (Å²) in [6, 6.07) is 11.8. The number of hydrogen-bond acceptors (Lipinski definition) is 4. The van der Waals surface area contributed by atoms with Gasteiger partial charge in [0.1, 0.15) is 11.3 Å². The standard InChI is InChI=1S/C22H19ClN2OS/c1-13-5-8-24-15(10-13)11-18(22-14(2)6-9-27-22)17-12-19(23)16-4-3-7-25-20(16)21(17)26/h3-10,12,18,26H,11H2,1-2H3. The molecule has 5 heteroatoms. The van der Waals surface area contributed by atoms with Crippen molar-refractivity contribution < 1.29 is 5.11 Å². The Hall–Kier alpha value is -2.43. The number of nitrogens with zero attached hydrogens (tertiary/aromatic N) is 2. The van der Waals surface area contributed by atoms with Crippen molar-refractivity contribution in [3.05, 3.63) is 86.5 Å². The molecular formula is C22H19ClN2OS. The number of aromatic nitrogens is 2. The van der Waals surface area contributed by atoms with Crippen molar-refractivity contribution in [3.8, 4) is 5.75 Å². The molecule has 1 atom stereocenters. The van der Waals surface area contributed by atoms with Gasteiger partial charge in [-0.2, -0.15) is 0 Å². The highest BCUT2D eigenvalue weighted by molar-refractivity contribution is 7.10. The van der Waals surface area contributed by atoms with Crippen molar-refractivity contribution in [3.63, 3.8) is 0 Å². The molecule has 0 saturated heterocycles. The second-order valence-electron chi connectivity index (χ2n) is 6.74. The molecule has 27 heavy (non-hydrogen) atoms. The molecule has 136 valence electrons. The van der Waals surface area contributed by atoms with Crippen LogP contribution in [0, 0.1) is 13.8 Å². The third-order valence-electron chi connectivity index (χ3n) is 4.82. The Bertz CT molecular complexity index is 1120. The number of hydrogen-bond donors (Lipinski definition) is 1. The van der Waals surface area contributed by atoms with Gasteiger partial charge in [0.15, 0.2) is 0 Å². The molecule has 3 nitrogen and oxygen atoms in total. The van der Waals surface area contributed by atoms with E-state index >= 15 is 0 Å². The first-order chi connectivity index (χ1) is 13.0. The molecule has 1 N–H and O–H groups in total. The molecule has 4 rings (SSSR count). The second-order valence-corrected chi connectivity index (χ2v) is 8.10. The van der Waals surface area contributed by atoms with E-state index in [1.807, 2.05) is 30.5 Å². The number of phenolic OH excluding ortho intramolecular Hbond substituents is 1. The Labute approximate surface area is 167 Å². The van der Waals surface area contributed by atoms with E-state index in [1.54, 1.807) is 17.5 Å². The maximum atomic E-state index is 11.0. The average Bonchev–Trinajstić information content (AvgIpc) is 3.09. The largest absolute Gasteiger partial charge is 0.505 e. The van der Waals surface area contributed by atoms with Crippen LogP contribution in [0.25, 0.3) is 10.9 Å². The van der Waals surface area contributed by atoms with Crippen molar-refractivity contribution in [1.29, 1.82) is 0 Å². The number of pyridine rings is 2. The number of rotatable bonds is 4. The van der Waals surface area contributed by atoms with Crippen LogP contribution in [0.4, 0.5) is 0 Å². The Morgan fingerprint density at radius 3 is 2.70 bits per heavy atom. The Morgan fingerprint density at radius 1 is 1.11 bits per heavy atom. The molecule has 0 fully saturated rings. The average molecular weight is 395 g/mol. The predicted molar refractivity (Wildman–Crippen MR) is 112 cm³/mol. The minimum atomic E-state index is -0.0387. The van der Waals surface area contributed by atoms with E-state index in [0.717, 1.165) is 16.6 Å². The van der Waals surface area contributed by atoms with E-state index in [1.165, 1.54) is 16.0 Å². The van der Waals surface area contributed by atoms with Crippen LogP contribution in [0.15, 0.2) is 54.2 Å². The van der Waals surface area contributed by atoms with Crippen LogP contribution in [-0.2, 0) is 6.42 Å². The molecule has 1 unspecified atom stereocenters. The zero-order valence-electron chi connectivity index (χ0n) is 15.1. The van der Waals surface area contributed by atoms with Gasteiger partial charge in [-0.15, -0.1) is 11.3 Å². The number of benzene rings is 1. The fourth-order valence-electron chi connectivity index (χ4n) is 3.48. The van der Waals surface area contributed by atoms with Gasteiger partial charge in [0, 0.05) is 46.3 Å². The third kappa shape index (κ3) is 3.43. The number of halogens is 1. The fraction of sp³-hybridized carbons (Fsp3) is 0.182. The van der Waals surface area contributed by atoms with Crippen LogP contribution in [0.1, 0.15) is 33.2 Å². The third-order valence-corrected chi connectivity index (χ3v) is 6.27. The monoisotopic (exact) mass is 394 g/mol. The van der Waals surface area contributed by atoms with Gasteiger partial charge in [0.2, 0.25) is 0 Å². The number of thiophene rings is 1. The zero-order chi connectivity index (χ0) is 19.0. The van der Waals surface area contributed by atoms with Gasteiger partial charge < -0.3 is 5.11 Å². The number of phenols is 1. The van der Waals surface area contributed by atoms with Gasteiger partial charge in [-0.05, 0) is 66.8 Å². The zero-order valence-corrected chi connectivity index (χ0v) is 16.7. The molecule has 4 aromatic rings. The highest BCUT2D eigenvalue weighted by Crippen LogP contribution is 2.42. The highest BCUT2D eigenvalue weighted by atomic mass is 35.5. The number of aryl methyl sites for hydroxylation is 2. The Morgan fingerprint density at radius 2 is 1.96 bits per heavy atom. The highest BCUT2D eigenvalue weighted by Gasteiger charge is 2.24. The van der Waals surface area contributed by atoms with Crippen LogP contribution < -0.4 is 0 Å². The summed E-state index contributed by atoms with van der Waals surface area (Å²) in [5.41, 5.74) is 4.69. The van der Waals surface area contributed by atoms with Crippen molar-refractivity contribution in [1.82, 2.24) is 9.97 Å². The van der Waals surface area contributed by atoms with Gasteiger partial charge >= 0.3 is 0 Å². The minimum Gasteiger partial charge on any atom is -0.505 e. The lowest BCUT2D eigenvalue weighted by Gasteiger charge is -2.20. The molecule has 3 aromatic heterocycles. The van der Waals surface area contributed by atoms with Gasteiger partial charge in [-0.25, -0.2) is 0 Å². The summed E-state index contributed by atoms with van der Waals surface area (Å²) in [4.78, 5) is 10.1. The molecule has 0 spiro atoms. The van der Waals surface area contributed by atoms with Gasteiger partial charge in [0.25, 0.3) is 0 Å². The maximum Gasteiger partial charge on any atom is 0.145 e. The van der Waals surface area contributed by atoms with Crippen LogP contribution in [-0.4, -0.2) is 15.1 Å². The quantitative estimate of drug-likeness (QED) is 0.458. The summed E-state index contributed by atoms with van der Waals surface area (Å²) in [5.74, 6) is 0.156. The summed E-state index contributed by atoms with van der Waals surface area (Å²) in [6.07, 6.45) is 4.19. The van der Waals surface area contributed by atoms with Crippen LogP contribution >= 0.6 is 22.9 Å². The van der Waals surface area contributed by atoms with Crippen molar-refractivity contribution in [2.45, 2.75) is 26.2 Å². The molecule has 0 aliphatic rings. The molecule has 0 aliphatic heterocycles. The summed E-state index contributed by atoms with van der Waals surface area (Å²) in [7, 11) is 0. The molecule has 3 heterocycles. The Kier molecular flexibility index (Phi) is 4.85. The van der Waals surface area contributed by atoms with E-state index < -0.39 is 0 Å². The first-order valence-corrected chi connectivity index (χ1v) is 10.0. The first-order valence-electron chi connectivity index (χ1n) is 8.76. The smallest absolute Gasteiger partial charge is 0.145 e. The molecule has 0 aliphatic carbocycles. The fourth-order valence-corrected chi connectivity index (χ4v) is 4.79. The van der Waals surface area contributed by atoms with Crippen LogP contribution in [0.5, 0.6) is 5.75 Å². The Balaban J connectivity index is 1.90. The van der Waals surface area contributed by atoms with Crippen molar-refractivity contribution >= 4 is 33.8 Å². The number of fused-ring (bicyclic) bond motifs is 1. The predicted octanol–water partition coefficient (Wildman–Crippen LogP) is 6.04. The maximum absolute atomic E-state index is 11.0. The molecular weight excluding hydrogens is 376 g/mol. The molecule has 0 saturated carbocycles. The van der Waals surface area contributed by atoms with E-state index in [0.29, 0.717) is 17.0 Å². The molecule has 1 aromatic carbocycles. The molecule has 0 bridgehead atoms. The topological polar surface area (TPSA) is 46.0 Å². The lowest BCUT2D eigenvalue weighted by molar-refractivity contribution is 0.469. The van der Waals surface area contributed by atoms with Crippen LogP contribution in [0.3, 0.4) is 0 Å². The van der Waals surface area contributed by atoms with Crippen molar-refractivity contribution in [2.75, 3.05) is 0 Å². The summed E-state index contributed by atoms with van der Waals surface area (Å²) in [6.45, 7) is 4.16. The van der Waals surface area contributed by atoms with Crippen LogP contribution in [0.2, 0.25) is 5.02 Å². The lowest BCUT2D eigenvalue weighted by atomic mass is 9.89. The van der Waals surface area contributed by atoms with Crippen molar-refractivity contribution in [2.24, 2.45) is 0 Å². The van der Waals surface area contributed by atoms with Gasteiger partial charge in [-0.1, -0.05) is 11.6 Å². The summed E-state index contributed by atoms with van der Waals surface area (Å²) in [5, 5.41) is 14.5. The molecule has 0 radical (unpaired) electrons. The minimum absolute atomic E-state index is 0.0387. The van der Waals surface area contributed by atoms with E-state index in [9.17, 15) is 5.11 Å². The van der Waals surface area contributed by atoms with E-state index in [4.69, 9.17) is 11.6 Å². The molecule has 0 amide bonds. The lowest BCUT2D eigenvalue weighted by Crippen LogP contribution is -2.07. The first kappa shape index (κ1) is 18.0. The van der Waals surface area contributed by atoms with Gasteiger partial charge in [0.05, 0.1) is 5.02 Å².